The van der Waals surface area contributed by atoms with Crippen LogP contribution in [0.25, 0.3) is 0 Å². The maximum Gasteiger partial charge on any atom is 0.252 e. The lowest BCUT2D eigenvalue weighted by Gasteiger charge is -2.19. The van der Waals surface area contributed by atoms with E-state index < -0.39 is 10.0 Å². The minimum Gasteiger partial charge on any atom is -0.490 e. The second-order valence-corrected chi connectivity index (χ2v) is 10.8. The maximum atomic E-state index is 12.7. The molecule has 1 amide bonds. The number of likely N-dealkylation sites (N-methyl/N-ethyl adjacent to an activating group) is 1. The van der Waals surface area contributed by atoms with Gasteiger partial charge in [-0.2, -0.15) is 4.31 Å². The highest BCUT2D eigenvalue weighted by molar-refractivity contribution is 7.91. The molecule has 0 radical (unpaired) electrons. The quantitative estimate of drug-likeness (QED) is 0.550. The van der Waals surface area contributed by atoms with E-state index in [1.165, 1.54) is 4.31 Å². The number of ether oxygens (including phenoxy) is 1. The van der Waals surface area contributed by atoms with E-state index in [-0.39, 0.29) is 12.3 Å². The van der Waals surface area contributed by atoms with Crippen molar-refractivity contribution >= 4 is 33.0 Å². The summed E-state index contributed by atoms with van der Waals surface area (Å²) in [6.45, 7) is 8.66. The van der Waals surface area contributed by atoms with Crippen molar-refractivity contribution in [2.45, 2.75) is 37.3 Å². The molecule has 170 valence electrons. The number of benzene rings is 1. The van der Waals surface area contributed by atoms with Gasteiger partial charge in [0, 0.05) is 24.5 Å². The molecular formula is C22H31N3O4S2. The van der Waals surface area contributed by atoms with Gasteiger partial charge in [0.25, 0.3) is 10.0 Å². The lowest BCUT2D eigenvalue weighted by molar-refractivity contribution is -0.115. The van der Waals surface area contributed by atoms with Crippen LogP contribution in [0.15, 0.2) is 40.6 Å². The van der Waals surface area contributed by atoms with Crippen LogP contribution in [0.1, 0.15) is 31.6 Å². The van der Waals surface area contributed by atoms with E-state index in [9.17, 15) is 13.2 Å². The Morgan fingerprint density at radius 2 is 1.84 bits per heavy atom. The van der Waals surface area contributed by atoms with Crippen LogP contribution in [0.2, 0.25) is 0 Å². The van der Waals surface area contributed by atoms with Gasteiger partial charge in [0.2, 0.25) is 5.91 Å². The molecule has 0 atom stereocenters. The third-order valence-corrected chi connectivity index (χ3v) is 8.80. The molecule has 31 heavy (non-hydrogen) atoms. The summed E-state index contributed by atoms with van der Waals surface area (Å²) in [5.74, 6) is 0.429. The largest absolute Gasteiger partial charge is 0.490 e. The van der Waals surface area contributed by atoms with Crippen LogP contribution < -0.4 is 10.1 Å². The third-order valence-electron chi connectivity index (χ3n) is 5.35. The SMILES string of the molecule is CCN(CC)CCOc1ccccc1NC(=O)Cc1ccc(S(=O)(=O)N2CCCC2)s1. The molecule has 9 heteroatoms. The maximum absolute atomic E-state index is 12.7. The molecule has 0 bridgehead atoms. The van der Waals surface area contributed by atoms with Crippen molar-refractivity contribution in [2.75, 3.05) is 44.6 Å². The summed E-state index contributed by atoms with van der Waals surface area (Å²) in [5.41, 5.74) is 0.619. The van der Waals surface area contributed by atoms with Crippen LogP contribution in [0, 0.1) is 0 Å². The summed E-state index contributed by atoms with van der Waals surface area (Å²) in [5, 5.41) is 2.90. The summed E-state index contributed by atoms with van der Waals surface area (Å²) in [6.07, 6.45) is 1.92. The summed E-state index contributed by atoms with van der Waals surface area (Å²) < 4.78 is 33.1. The molecule has 1 fully saturated rings. The predicted molar refractivity (Wildman–Crippen MR) is 124 cm³/mol. The molecule has 0 spiro atoms. The van der Waals surface area contributed by atoms with Gasteiger partial charge in [-0.25, -0.2) is 8.42 Å². The van der Waals surface area contributed by atoms with Crippen molar-refractivity contribution in [3.8, 4) is 5.75 Å². The number of para-hydroxylation sites is 2. The number of rotatable bonds is 11. The number of hydrogen-bond acceptors (Lipinski definition) is 6. The number of carbonyl (C=O) groups excluding carboxylic acids is 1. The van der Waals surface area contributed by atoms with Crippen LogP contribution in [-0.4, -0.2) is 62.9 Å². The number of carbonyl (C=O) groups is 1. The van der Waals surface area contributed by atoms with Gasteiger partial charge in [0.05, 0.1) is 12.1 Å². The van der Waals surface area contributed by atoms with Gasteiger partial charge in [0.1, 0.15) is 16.6 Å². The average Bonchev–Trinajstić information content (AvgIpc) is 3.45. The molecule has 3 rings (SSSR count). The topological polar surface area (TPSA) is 79.0 Å². The average molecular weight is 466 g/mol. The first-order valence-corrected chi connectivity index (χ1v) is 13.0. The fraction of sp³-hybridized carbons (Fsp3) is 0.500. The van der Waals surface area contributed by atoms with E-state index in [4.69, 9.17) is 4.74 Å². The first kappa shape index (κ1) is 23.7. The Morgan fingerprint density at radius 1 is 1.13 bits per heavy atom. The predicted octanol–water partition coefficient (Wildman–Crippen LogP) is 3.43. The lowest BCUT2D eigenvalue weighted by Crippen LogP contribution is -2.28. The fourth-order valence-electron chi connectivity index (χ4n) is 3.52. The molecule has 0 saturated carbocycles. The minimum atomic E-state index is -3.44. The van der Waals surface area contributed by atoms with Crippen molar-refractivity contribution in [1.82, 2.24) is 9.21 Å². The first-order valence-electron chi connectivity index (χ1n) is 10.8. The molecule has 1 N–H and O–H groups in total. The van der Waals surface area contributed by atoms with Gasteiger partial charge in [-0.15, -0.1) is 11.3 Å². The molecule has 7 nitrogen and oxygen atoms in total. The summed E-state index contributed by atoms with van der Waals surface area (Å²) >= 11 is 1.16. The highest BCUT2D eigenvalue weighted by Gasteiger charge is 2.28. The van der Waals surface area contributed by atoms with Crippen molar-refractivity contribution in [2.24, 2.45) is 0 Å². The number of nitrogens with one attached hydrogen (secondary N) is 1. The van der Waals surface area contributed by atoms with Crippen LogP contribution in [0.4, 0.5) is 5.69 Å². The smallest absolute Gasteiger partial charge is 0.252 e. The molecule has 2 aromatic rings. The Bertz CT molecular complexity index is 965. The number of amides is 1. The number of thiophene rings is 1. The number of sulfonamides is 1. The standard InChI is InChI=1S/C22H31N3O4S2/c1-3-24(4-2)15-16-29-20-10-6-5-9-19(20)23-21(26)17-18-11-12-22(30-18)31(27,28)25-13-7-8-14-25/h5-6,9-12H,3-4,7-8,13-17H2,1-2H3,(H,23,26). The van der Waals surface area contributed by atoms with Crippen molar-refractivity contribution in [3.63, 3.8) is 0 Å². The monoisotopic (exact) mass is 465 g/mol. The molecule has 1 aromatic carbocycles. The number of anilines is 1. The molecule has 0 aliphatic carbocycles. The van der Waals surface area contributed by atoms with Gasteiger partial charge in [-0.1, -0.05) is 26.0 Å². The van der Waals surface area contributed by atoms with E-state index in [0.717, 1.165) is 48.7 Å². The summed E-state index contributed by atoms with van der Waals surface area (Å²) in [6, 6.07) is 10.7. The second kappa shape index (κ2) is 11.1. The molecule has 1 aromatic heterocycles. The molecule has 0 unspecified atom stereocenters. The molecule has 1 saturated heterocycles. The van der Waals surface area contributed by atoms with E-state index in [1.54, 1.807) is 12.1 Å². The first-order chi connectivity index (χ1) is 14.9. The Labute approximate surface area is 189 Å². The molecule has 2 heterocycles. The van der Waals surface area contributed by atoms with Gasteiger partial charge in [-0.05, 0) is 50.2 Å². The van der Waals surface area contributed by atoms with E-state index >= 15 is 0 Å². The van der Waals surface area contributed by atoms with E-state index in [2.05, 4.69) is 24.1 Å². The Balaban J connectivity index is 1.58. The second-order valence-electron chi connectivity index (χ2n) is 7.43. The highest BCUT2D eigenvalue weighted by atomic mass is 32.2. The van der Waals surface area contributed by atoms with Gasteiger partial charge < -0.3 is 15.0 Å². The van der Waals surface area contributed by atoms with Gasteiger partial charge in [-0.3, -0.25) is 4.79 Å². The van der Waals surface area contributed by atoms with Gasteiger partial charge >= 0.3 is 0 Å². The molecule has 1 aliphatic rings. The Kier molecular flexibility index (Phi) is 8.48. The number of nitrogens with zero attached hydrogens (tertiary/aromatic N) is 2. The molecular weight excluding hydrogens is 434 g/mol. The lowest BCUT2D eigenvalue weighted by atomic mass is 10.2. The van der Waals surface area contributed by atoms with Crippen LogP contribution in [0.5, 0.6) is 5.75 Å². The Morgan fingerprint density at radius 3 is 2.55 bits per heavy atom. The van der Waals surface area contributed by atoms with E-state index in [0.29, 0.717) is 35.3 Å². The van der Waals surface area contributed by atoms with Crippen molar-refractivity contribution < 1.29 is 17.9 Å². The van der Waals surface area contributed by atoms with Crippen LogP contribution in [0.3, 0.4) is 0 Å². The summed E-state index contributed by atoms with van der Waals surface area (Å²) in [7, 11) is -3.44. The van der Waals surface area contributed by atoms with Crippen molar-refractivity contribution in [3.05, 3.63) is 41.3 Å². The number of hydrogen-bond donors (Lipinski definition) is 1. The summed E-state index contributed by atoms with van der Waals surface area (Å²) in [4.78, 5) is 15.6. The zero-order valence-electron chi connectivity index (χ0n) is 18.2. The zero-order chi connectivity index (χ0) is 22.3. The Hall–Kier alpha value is -1.94. The normalized spacial score (nSPS) is 14.8. The van der Waals surface area contributed by atoms with Gasteiger partial charge in [0.15, 0.2) is 0 Å². The van der Waals surface area contributed by atoms with Crippen LogP contribution in [-0.2, 0) is 21.2 Å². The van der Waals surface area contributed by atoms with Crippen molar-refractivity contribution in [1.29, 1.82) is 0 Å². The highest BCUT2D eigenvalue weighted by Crippen LogP contribution is 2.28. The van der Waals surface area contributed by atoms with Crippen LogP contribution >= 0.6 is 11.3 Å². The molecule has 1 aliphatic heterocycles. The zero-order valence-corrected chi connectivity index (χ0v) is 19.8. The fourth-order valence-corrected chi connectivity index (χ4v) is 6.55. The van der Waals surface area contributed by atoms with E-state index in [1.807, 2.05) is 24.3 Å². The minimum absolute atomic E-state index is 0.119. The third kappa shape index (κ3) is 6.29.